The molecular weight excluding hydrogens is 492 g/mol. The van der Waals surface area contributed by atoms with Crippen molar-refractivity contribution in [2.45, 2.75) is 25.2 Å². The molecule has 1 amide bonds. The van der Waals surface area contributed by atoms with Gasteiger partial charge >= 0.3 is 0 Å². The zero-order chi connectivity index (χ0) is 25.8. The molecule has 1 aliphatic heterocycles. The number of hydrogen-bond acceptors (Lipinski definition) is 6. The van der Waals surface area contributed by atoms with Crippen molar-refractivity contribution in [3.8, 4) is 16.8 Å². The summed E-state index contributed by atoms with van der Waals surface area (Å²) in [6, 6.07) is 17.8. The van der Waals surface area contributed by atoms with Crippen LogP contribution >= 0.6 is 11.6 Å². The molecule has 1 saturated heterocycles. The summed E-state index contributed by atoms with van der Waals surface area (Å²) in [5.74, 6) is 0.455. The Morgan fingerprint density at radius 2 is 2.00 bits per heavy atom. The van der Waals surface area contributed by atoms with Crippen molar-refractivity contribution in [2.75, 3.05) is 26.8 Å². The molecular formula is C27H28ClN6O3+. The van der Waals surface area contributed by atoms with E-state index in [1.54, 1.807) is 24.1 Å². The maximum Gasteiger partial charge on any atom is 0.248 e. The summed E-state index contributed by atoms with van der Waals surface area (Å²) in [7, 11) is 1.55. The molecule has 0 saturated carbocycles. The largest absolute Gasteiger partial charge is 0.375 e. The Bertz CT molecular complexity index is 1390. The number of aromatic nitrogens is 5. The van der Waals surface area contributed by atoms with E-state index in [1.165, 1.54) is 11.9 Å². The van der Waals surface area contributed by atoms with E-state index in [1.807, 2.05) is 29.2 Å². The van der Waals surface area contributed by atoms with Gasteiger partial charge in [-0.1, -0.05) is 35.9 Å². The summed E-state index contributed by atoms with van der Waals surface area (Å²) in [5.41, 5.74) is 5.47. The van der Waals surface area contributed by atoms with Gasteiger partial charge in [-0.15, -0.1) is 5.10 Å². The van der Waals surface area contributed by atoms with Crippen molar-refractivity contribution in [3.05, 3.63) is 89.0 Å². The maximum atomic E-state index is 12.1. The Hall–Kier alpha value is -3.82. The smallest absolute Gasteiger partial charge is 0.248 e. The van der Waals surface area contributed by atoms with Gasteiger partial charge in [-0.3, -0.25) is 10.0 Å². The monoisotopic (exact) mass is 519 g/mol. The fourth-order valence-corrected chi connectivity index (χ4v) is 5.05. The molecule has 0 bridgehead atoms. The van der Waals surface area contributed by atoms with Crippen molar-refractivity contribution in [1.82, 2.24) is 25.1 Å². The maximum absolute atomic E-state index is 12.1. The lowest BCUT2D eigenvalue weighted by molar-refractivity contribution is -0.909. The SMILES string of the molecule is COCC(=O)N1CCC(c2cccc(Cc3ccc(-c4cc(Cl)ccc4-n4cnnn4)c[n+]3O)c2)CC1. The predicted octanol–water partition coefficient (Wildman–Crippen LogP) is 3.45. The first-order chi connectivity index (χ1) is 18.0. The first-order valence-electron chi connectivity index (χ1n) is 12.1. The minimum Gasteiger partial charge on any atom is -0.375 e. The van der Waals surface area contributed by atoms with E-state index in [0.29, 0.717) is 17.4 Å². The summed E-state index contributed by atoms with van der Waals surface area (Å²) in [6.07, 6.45) is 5.62. The van der Waals surface area contributed by atoms with Crippen LogP contribution in [0, 0.1) is 0 Å². The number of piperidine rings is 1. The highest BCUT2D eigenvalue weighted by atomic mass is 35.5. The van der Waals surface area contributed by atoms with Gasteiger partial charge in [0.2, 0.25) is 17.8 Å². The molecule has 0 spiro atoms. The minimum atomic E-state index is 0.0495. The van der Waals surface area contributed by atoms with E-state index in [4.69, 9.17) is 16.3 Å². The van der Waals surface area contributed by atoms with Gasteiger partial charge in [-0.05, 0) is 64.6 Å². The lowest BCUT2D eigenvalue weighted by atomic mass is 9.88. The molecule has 1 aliphatic rings. The first-order valence-corrected chi connectivity index (χ1v) is 12.5. The molecule has 2 aromatic heterocycles. The van der Waals surface area contributed by atoms with E-state index in [-0.39, 0.29) is 12.5 Å². The molecule has 1 fully saturated rings. The van der Waals surface area contributed by atoms with E-state index < -0.39 is 0 Å². The van der Waals surface area contributed by atoms with Crippen LogP contribution in [-0.4, -0.2) is 63.0 Å². The van der Waals surface area contributed by atoms with Crippen LogP contribution in [0.4, 0.5) is 0 Å². The number of nitrogens with zero attached hydrogens (tertiary/aromatic N) is 6. The Kier molecular flexibility index (Phi) is 7.43. The Morgan fingerprint density at radius 1 is 1.16 bits per heavy atom. The summed E-state index contributed by atoms with van der Waals surface area (Å²) < 4.78 is 7.70. The Labute approximate surface area is 219 Å². The molecule has 0 atom stereocenters. The first kappa shape index (κ1) is 24.9. The fourth-order valence-electron chi connectivity index (χ4n) is 4.87. The van der Waals surface area contributed by atoms with Crippen LogP contribution in [0.15, 0.2) is 67.1 Å². The normalized spacial score (nSPS) is 14.2. The third-order valence-corrected chi connectivity index (χ3v) is 7.03. The van der Waals surface area contributed by atoms with Crippen LogP contribution in [0.3, 0.4) is 0 Å². The molecule has 1 N–H and O–H groups in total. The second-order valence-electron chi connectivity index (χ2n) is 9.18. The molecule has 3 heterocycles. The van der Waals surface area contributed by atoms with Crippen LogP contribution in [-0.2, 0) is 16.0 Å². The standard InChI is InChI=1S/C27H28ClN6O3/c1-37-17-27(35)32-11-9-20(10-12-32)21-4-2-3-19(13-21)14-24-7-5-22(16-34(24)36)25-15-23(28)6-8-26(25)33-18-29-30-31-33/h2-8,13,15-16,18,20,36H,9-12,14,17H2,1H3/q+1. The van der Waals surface area contributed by atoms with Crippen LogP contribution < -0.4 is 4.73 Å². The number of amides is 1. The van der Waals surface area contributed by atoms with Crippen molar-refractivity contribution >= 4 is 17.5 Å². The zero-order valence-corrected chi connectivity index (χ0v) is 21.3. The molecule has 190 valence electrons. The molecule has 0 radical (unpaired) electrons. The Morgan fingerprint density at radius 3 is 2.73 bits per heavy atom. The van der Waals surface area contributed by atoms with Crippen LogP contribution in [0.1, 0.15) is 35.6 Å². The van der Waals surface area contributed by atoms with Gasteiger partial charge < -0.3 is 9.64 Å². The van der Waals surface area contributed by atoms with Gasteiger partial charge in [0.25, 0.3) is 0 Å². The van der Waals surface area contributed by atoms with Gasteiger partial charge in [-0.2, -0.15) is 4.68 Å². The highest BCUT2D eigenvalue weighted by Gasteiger charge is 2.24. The molecule has 37 heavy (non-hydrogen) atoms. The summed E-state index contributed by atoms with van der Waals surface area (Å²) in [5, 5.41) is 22.8. The second-order valence-corrected chi connectivity index (χ2v) is 9.62. The lowest BCUT2D eigenvalue weighted by Crippen LogP contribution is -2.39. The predicted molar refractivity (Wildman–Crippen MR) is 137 cm³/mol. The Balaban J connectivity index is 1.32. The quantitative estimate of drug-likeness (QED) is 0.297. The highest BCUT2D eigenvalue weighted by molar-refractivity contribution is 6.31. The van der Waals surface area contributed by atoms with Crippen LogP contribution in [0.5, 0.6) is 0 Å². The topological polar surface area (TPSA) is 97.2 Å². The third kappa shape index (κ3) is 5.63. The van der Waals surface area contributed by atoms with Crippen molar-refractivity contribution in [3.63, 3.8) is 0 Å². The average molecular weight is 520 g/mol. The third-order valence-electron chi connectivity index (χ3n) is 6.80. The van der Waals surface area contributed by atoms with Crippen molar-refractivity contribution < 1.29 is 19.5 Å². The van der Waals surface area contributed by atoms with Crippen molar-refractivity contribution in [2.24, 2.45) is 0 Å². The van der Waals surface area contributed by atoms with E-state index in [0.717, 1.165) is 58.7 Å². The highest BCUT2D eigenvalue weighted by Crippen LogP contribution is 2.30. The fraction of sp³-hybridized carbons (Fsp3) is 0.296. The number of ether oxygens (including phenoxy) is 1. The minimum absolute atomic E-state index is 0.0495. The number of carbonyl (C=O) groups is 1. The molecule has 9 nitrogen and oxygen atoms in total. The van der Waals surface area contributed by atoms with Gasteiger partial charge in [0, 0.05) is 41.6 Å². The molecule has 0 aliphatic carbocycles. The van der Waals surface area contributed by atoms with Crippen LogP contribution in [0.25, 0.3) is 16.8 Å². The summed E-state index contributed by atoms with van der Waals surface area (Å²) in [6.45, 7) is 1.62. The van der Waals surface area contributed by atoms with Gasteiger partial charge in [0.15, 0.2) is 0 Å². The lowest BCUT2D eigenvalue weighted by Gasteiger charge is -2.32. The molecule has 4 aromatic rings. The summed E-state index contributed by atoms with van der Waals surface area (Å²) >= 11 is 6.27. The number of tetrazole rings is 1. The number of rotatable bonds is 7. The van der Waals surface area contributed by atoms with Gasteiger partial charge in [-0.25, -0.2) is 0 Å². The average Bonchev–Trinajstić information content (AvgIpc) is 3.45. The number of methoxy groups -OCH3 is 1. The zero-order valence-electron chi connectivity index (χ0n) is 20.5. The van der Waals surface area contributed by atoms with E-state index >= 15 is 0 Å². The molecule has 2 aromatic carbocycles. The molecule has 0 unspecified atom stereocenters. The summed E-state index contributed by atoms with van der Waals surface area (Å²) in [4.78, 5) is 14.0. The van der Waals surface area contributed by atoms with Gasteiger partial charge in [0.05, 0.1) is 17.7 Å². The number of halogens is 1. The van der Waals surface area contributed by atoms with Gasteiger partial charge in [0.1, 0.15) is 12.9 Å². The van der Waals surface area contributed by atoms with E-state index in [2.05, 4.69) is 39.8 Å². The number of likely N-dealkylation sites (tertiary alicyclic amines) is 1. The van der Waals surface area contributed by atoms with Crippen molar-refractivity contribution in [1.29, 1.82) is 0 Å². The molecule has 5 rings (SSSR count). The van der Waals surface area contributed by atoms with Crippen LogP contribution in [0.2, 0.25) is 5.02 Å². The number of benzene rings is 2. The van der Waals surface area contributed by atoms with E-state index in [9.17, 15) is 10.0 Å². The number of carbonyl (C=O) groups excluding carboxylic acids is 1. The number of pyridine rings is 1. The second kappa shape index (κ2) is 11.1. The number of hydrogen-bond donors (Lipinski definition) is 1. The molecule has 10 heteroatoms.